The minimum Gasteiger partial charge on any atom is -0.385 e. The molecule has 3 aromatic rings. The molecule has 3 rings (SSSR count). The van der Waals surface area contributed by atoms with Crippen LogP contribution in [0.3, 0.4) is 0 Å². The van der Waals surface area contributed by atoms with Crippen molar-refractivity contribution in [3.05, 3.63) is 50.6 Å². The number of aromatic nitrogens is 4. The van der Waals surface area contributed by atoms with Crippen LogP contribution < -0.4 is 10.9 Å². The first-order valence-corrected chi connectivity index (χ1v) is 11.4. The van der Waals surface area contributed by atoms with E-state index in [2.05, 4.69) is 31.1 Å². The highest BCUT2D eigenvalue weighted by atomic mass is 32.1. The topological polar surface area (TPSA) is 93.9 Å². The Morgan fingerprint density at radius 2 is 1.88 bits per heavy atom. The van der Waals surface area contributed by atoms with Crippen LogP contribution in [0.15, 0.2) is 29.1 Å². The zero-order valence-electron chi connectivity index (χ0n) is 20.4. The van der Waals surface area contributed by atoms with Crippen molar-refractivity contribution in [3.8, 4) is 0 Å². The molecule has 178 valence electrons. The number of nitrogens with one attached hydrogen (secondary N) is 2. The highest BCUT2D eigenvalue weighted by Crippen LogP contribution is 2.28. The second kappa shape index (κ2) is 9.23. The lowest BCUT2D eigenvalue weighted by molar-refractivity contribution is 0.102. The molecule has 2 heterocycles. The van der Waals surface area contributed by atoms with Crippen LogP contribution in [0, 0.1) is 4.77 Å². The largest absolute Gasteiger partial charge is 0.385 e. The van der Waals surface area contributed by atoms with Crippen LogP contribution in [-0.4, -0.2) is 39.0 Å². The van der Waals surface area contributed by atoms with Gasteiger partial charge < -0.3 is 15.0 Å². The summed E-state index contributed by atoms with van der Waals surface area (Å²) in [6.45, 7) is 13.4. The SMILES string of the molecule is COCCCn1c(=S)[nH]c2cc(C(=O)Nc3cc(C(C)(C)C)nn3C(C)(C)C)ccc2c1=O. The Morgan fingerprint density at radius 1 is 1.18 bits per heavy atom. The Morgan fingerprint density at radius 3 is 2.48 bits per heavy atom. The zero-order valence-corrected chi connectivity index (χ0v) is 21.2. The van der Waals surface area contributed by atoms with E-state index in [1.54, 1.807) is 25.3 Å². The summed E-state index contributed by atoms with van der Waals surface area (Å²) in [5, 5.41) is 8.21. The van der Waals surface area contributed by atoms with E-state index in [1.807, 2.05) is 31.5 Å². The Labute approximate surface area is 199 Å². The average molecular weight is 472 g/mol. The van der Waals surface area contributed by atoms with Crippen molar-refractivity contribution in [2.24, 2.45) is 0 Å². The van der Waals surface area contributed by atoms with Crippen molar-refractivity contribution in [1.82, 2.24) is 19.3 Å². The van der Waals surface area contributed by atoms with Crippen molar-refractivity contribution in [3.63, 3.8) is 0 Å². The number of nitrogens with zero attached hydrogens (tertiary/aromatic N) is 3. The van der Waals surface area contributed by atoms with Crippen molar-refractivity contribution >= 4 is 34.8 Å². The molecule has 0 aliphatic carbocycles. The molecule has 0 unspecified atom stereocenters. The summed E-state index contributed by atoms with van der Waals surface area (Å²) in [5.74, 6) is 0.338. The number of anilines is 1. The van der Waals surface area contributed by atoms with E-state index >= 15 is 0 Å². The smallest absolute Gasteiger partial charge is 0.262 e. The standard InChI is InChI=1S/C24H33N5O3S/c1-23(2,3)18-14-19(29(27-18)24(4,5)6)26-20(30)15-9-10-16-17(13-15)25-22(33)28(21(16)31)11-8-12-32-7/h9-10,13-14H,8,11-12H2,1-7H3,(H,25,33)(H,26,30). The number of H-pyrrole nitrogens is 1. The van der Waals surface area contributed by atoms with Gasteiger partial charge in [0.25, 0.3) is 11.5 Å². The van der Waals surface area contributed by atoms with Crippen LogP contribution in [0.4, 0.5) is 5.82 Å². The van der Waals surface area contributed by atoms with Gasteiger partial charge in [-0.05, 0) is 57.6 Å². The fourth-order valence-electron chi connectivity index (χ4n) is 3.50. The Balaban J connectivity index is 1.95. The first kappa shape index (κ1) is 24.9. The lowest BCUT2D eigenvalue weighted by Crippen LogP contribution is -2.27. The number of amides is 1. The Hall–Kier alpha value is -2.78. The van der Waals surface area contributed by atoms with Gasteiger partial charge in [-0.1, -0.05) is 20.8 Å². The molecule has 2 aromatic heterocycles. The van der Waals surface area contributed by atoms with Crippen LogP contribution in [0.5, 0.6) is 0 Å². The summed E-state index contributed by atoms with van der Waals surface area (Å²) in [6, 6.07) is 6.88. The van der Waals surface area contributed by atoms with Crippen LogP contribution in [0.1, 0.15) is 64.0 Å². The number of hydrogen-bond acceptors (Lipinski definition) is 5. The molecular weight excluding hydrogens is 438 g/mol. The summed E-state index contributed by atoms with van der Waals surface area (Å²) >= 11 is 5.38. The van der Waals surface area contributed by atoms with E-state index in [9.17, 15) is 9.59 Å². The van der Waals surface area contributed by atoms with Crippen LogP contribution in [-0.2, 0) is 22.2 Å². The van der Waals surface area contributed by atoms with Gasteiger partial charge in [-0.2, -0.15) is 5.10 Å². The minimum atomic E-state index is -0.311. The molecule has 0 aliphatic heterocycles. The van der Waals surface area contributed by atoms with Gasteiger partial charge >= 0.3 is 0 Å². The van der Waals surface area contributed by atoms with Gasteiger partial charge in [0.1, 0.15) is 5.82 Å². The molecule has 0 spiro atoms. The van der Waals surface area contributed by atoms with E-state index in [4.69, 9.17) is 22.1 Å². The number of fused-ring (bicyclic) bond motifs is 1. The molecule has 0 fully saturated rings. The third kappa shape index (κ3) is 5.42. The third-order valence-corrected chi connectivity index (χ3v) is 5.65. The van der Waals surface area contributed by atoms with Gasteiger partial charge in [0, 0.05) is 37.3 Å². The van der Waals surface area contributed by atoms with Crippen molar-refractivity contribution in [2.75, 3.05) is 19.0 Å². The number of hydrogen-bond donors (Lipinski definition) is 2. The molecule has 0 aliphatic rings. The Bertz CT molecular complexity index is 1290. The summed E-state index contributed by atoms with van der Waals surface area (Å²) in [4.78, 5) is 29.1. The van der Waals surface area contributed by atoms with E-state index in [-0.39, 0.29) is 22.4 Å². The van der Waals surface area contributed by atoms with Gasteiger partial charge in [-0.25, -0.2) is 4.68 Å². The Kier molecular flexibility index (Phi) is 6.95. The van der Waals surface area contributed by atoms with Gasteiger partial charge in [0.15, 0.2) is 4.77 Å². The maximum absolute atomic E-state index is 13.1. The lowest BCUT2D eigenvalue weighted by Gasteiger charge is -2.23. The van der Waals surface area contributed by atoms with Crippen molar-refractivity contribution in [1.29, 1.82) is 0 Å². The molecule has 1 amide bonds. The normalized spacial score (nSPS) is 12.3. The quantitative estimate of drug-likeness (QED) is 0.405. The molecule has 9 heteroatoms. The molecule has 1 aromatic carbocycles. The molecule has 0 saturated heterocycles. The van der Waals surface area contributed by atoms with E-state index < -0.39 is 0 Å². The first-order chi connectivity index (χ1) is 15.3. The predicted octanol–water partition coefficient (Wildman–Crippen LogP) is 4.60. The molecule has 33 heavy (non-hydrogen) atoms. The van der Waals surface area contributed by atoms with Gasteiger partial charge in [0.05, 0.1) is 22.1 Å². The predicted molar refractivity (Wildman–Crippen MR) is 134 cm³/mol. The third-order valence-electron chi connectivity index (χ3n) is 5.33. The van der Waals surface area contributed by atoms with Crippen molar-refractivity contribution < 1.29 is 9.53 Å². The molecule has 0 atom stereocenters. The number of carbonyl (C=O) groups is 1. The fourth-order valence-corrected chi connectivity index (χ4v) is 3.79. The fraction of sp³-hybridized carbons (Fsp3) is 0.500. The number of aromatic amines is 1. The summed E-state index contributed by atoms with van der Waals surface area (Å²) in [6.07, 6.45) is 0.678. The number of carbonyl (C=O) groups excluding carboxylic acids is 1. The average Bonchev–Trinajstić information content (AvgIpc) is 3.15. The van der Waals surface area contributed by atoms with Gasteiger partial charge in [-0.3, -0.25) is 14.2 Å². The molecule has 8 nitrogen and oxygen atoms in total. The van der Waals surface area contributed by atoms with Crippen LogP contribution >= 0.6 is 12.2 Å². The van der Waals surface area contributed by atoms with Crippen molar-refractivity contribution in [2.45, 2.75) is 65.5 Å². The summed E-state index contributed by atoms with van der Waals surface area (Å²) in [7, 11) is 1.62. The molecule has 2 N–H and O–H groups in total. The number of methoxy groups -OCH3 is 1. The molecule has 0 radical (unpaired) electrons. The number of benzene rings is 1. The second-order valence-corrected chi connectivity index (χ2v) is 10.6. The summed E-state index contributed by atoms with van der Waals surface area (Å²) < 4.78 is 8.73. The van der Waals surface area contributed by atoms with E-state index in [0.29, 0.717) is 46.6 Å². The van der Waals surface area contributed by atoms with Gasteiger partial charge in [0.2, 0.25) is 0 Å². The maximum Gasteiger partial charge on any atom is 0.262 e. The second-order valence-electron chi connectivity index (χ2n) is 10.2. The number of ether oxygens (including phenoxy) is 1. The maximum atomic E-state index is 13.1. The monoisotopic (exact) mass is 471 g/mol. The minimum absolute atomic E-state index is 0.156. The molecule has 0 saturated carbocycles. The van der Waals surface area contributed by atoms with E-state index in [1.165, 1.54) is 4.57 Å². The highest BCUT2D eigenvalue weighted by Gasteiger charge is 2.26. The summed E-state index contributed by atoms with van der Waals surface area (Å²) in [5.41, 5.74) is 1.19. The van der Waals surface area contributed by atoms with E-state index in [0.717, 1.165) is 5.69 Å². The molecule has 0 bridgehead atoms. The lowest BCUT2D eigenvalue weighted by atomic mass is 9.92. The first-order valence-electron chi connectivity index (χ1n) is 11.0. The molecular formula is C24H33N5O3S. The zero-order chi connectivity index (χ0) is 24.6. The highest BCUT2D eigenvalue weighted by molar-refractivity contribution is 7.71. The number of rotatable bonds is 6. The van der Waals surface area contributed by atoms with Gasteiger partial charge in [-0.15, -0.1) is 0 Å². The van der Waals surface area contributed by atoms with Crippen LogP contribution in [0.2, 0.25) is 0 Å². The van der Waals surface area contributed by atoms with Crippen LogP contribution in [0.25, 0.3) is 10.9 Å².